The Morgan fingerprint density at radius 1 is 0.968 bits per heavy atom. The third-order valence-electron chi connectivity index (χ3n) is 9.79. The van der Waals surface area contributed by atoms with Gasteiger partial charge in [0.25, 0.3) is 0 Å². The van der Waals surface area contributed by atoms with Crippen LogP contribution in [0.15, 0.2) is 0 Å². The molecule has 4 saturated carbocycles. The van der Waals surface area contributed by atoms with Crippen LogP contribution >= 0.6 is 0 Å². The lowest BCUT2D eigenvalue weighted by atomic mass is 9.44. The number of carboxylic acid groups (broad SMARTS) is 1. The van der Waals surface area contributed by atoms with Gasteiger partial charge in [-0.05, 0) is 79.4 Å². The third kappa shape index (κ3) is 3.95. The second-order valence-corrected chi connectivity index (χ2v) is 11.1. The highest BCUT2D eigenvalue weighted by Crippen LogP contribution is 2.67. The number of Topliss-reactive ketones (excluding diaryl/α,β-unsaturated/α-hetero) is 2. The molecular formula is C25H36O6. The predicted molar refractivity (Wildman–Crippen MR) is 113 cm³/mol. The molecule has 0 aromatic rings. The molecule has 0 aliphatic heterocycles. The van der Waals surface area contributed by atoms with Gasteiger partial charge in [0.15, 0.2) is 5.78 Å². The van der Waals surface area contributed by atoms with Crippen molar-refractivity contribution in [2.24, 2.45) is 40.4 Å². The SMILES string of the molecule is C[C@]12CCC(=O)C[C@H]1CC[C@H]1[C@H]3CC[C@H](C(=O)COC(=O)CCC(=O)O)[C@@]3(C)CC[C@@H]12. The predicted octanol–water partition coefficient (Wildman–Crippen LogP) is 4.19. The minimum Gasteiger partial charge on any atom is -0.481 e. The van der Waals surface area contributed by atoms with E-state index in [0.29, 0.717) is 29.5 Å². The monoisotopic (exact) mass is 432 g/mol. The largest absolute Gasteiger partial charge is 0.481 e. The highest BCUT2D eigenvalue weighted by molar-refractivity contribution is 5.86. The number of hydrogen-bond acceptors (Lipinski definition) is 5. The van der Waals surface area contributed by atoms with Crippen molar-refractivity contribution in [3.8, 4) is 0 Å². The van der Waals surface area contributed by atoms with Crippen molar-refractivity contribution < 1.29 is 29.0 Å². The van der Waals surface area contributed by atoms with E-state index in [-0.39, 0.29) is 42.0 Å². The fraction of sp³-hybridized carbons (Fsp3) is 0.840. The molecule has 0 radical (unpaired) electrons. The molecule has 0 amide bonds. The lowest BCUT2D eigenvalue weighted by Crippen LogP contribution is -2.54. The summed E-state index contributed by atoms with van der Waals surface area (Å²) < 4.78 is 5.11. The summed E-state index contributed by atoms with van der Waals surface area (Å²) in [4.78, 5) is 47.4. The van der Waals surface area contributed by atoms with Crippen LogP contribution in [0.25, 0.3) is 0 Å². The minimum absolute atomic E-state index is 0.00437. The third-order valence-corrected chi connectivity index (χ3v) is 9.79. The van der Waals surface area contributed by atoms with E-state index in [2.05, 4.69) is 13.8 Å². The highest BCUT2D eigenvalue weighted by atomic mass is 16.5. The number of ether oxygens (including phenoxy) is 1. The topological polar surface area (TPSA) is 97.7 Å². The minimum atomic E-state index is -1.04. The van der Waals surface area contributed by atoms with Gasteiger partial charge in [-0.15, -0.1) is 0 Å². The zero-order chi connectivity index (χ0) is 22.4. The van der Waals surface area contributed by atoms with Crippen LogP contribution in [0.4, 0.5) is 0 Å². The van der Waals surface area contributed by atoms with Crippen molar-refractivity contribution in [2.45, 2.75) is 84.5 Å². The Labute approximate surface area is 184 Å². The van der Waals surface area contributed by atoms with Crippen LogP contribution in [0.2, 0.25) is 0 Å². The summed E-state index contributed by atoms with van der Waals surface area (Å²) in [5, 5.41) is 8.68. The van der Waals surface area contributed by atoms with Gasteiger partial charge in [0.2, 0.25) is 0 Å². The van der Waals surface area contributed by atoms with E-state index in [4.69, 9.17) is 9.84 Å². The van der Waals surface area contributed by atoms with Crippen molar-refractivity contribution in [2.75, 3.05) is 6.61 Å². The van der Waals surface area contributed by atoms with E-state index in [1.165, 1.54) is 6.42 Å². The standard InChI is InChI=1S/C25H36O6/c1-24-11-9-16(26)13-15(24)3-4-17-18-5-6-20(25(18,2)12-10-19(17)24)21(27)14-31-23(30)8-7-22(28)29/h15,17-20H,3-14H2,1-2H3,(H,28,29)/t15-,17+,18-,19+,20-,24+,25+/m1/s1. The zero-order valence-electron chi connectivity index (χ0n) is 18.9. The van der Waals surface area contributed by atoms with Crippen molar-refractivity contribution in [1.29, 1.82) is 0 Å². The van der Waals surface area contributed by atoms with Crippen LogP contribution < -0.4 is 0 Å². The second-order valence-electron chi connectivity index (χ2n) is 11.1. The first-order chi connectivity index (χ1) is 14.6. The summed E-state index contributed by atoms with van der Waals surface area (Å²) in [5.41, 5.74) is 0.222. The highest BCUT2D eigenvalue weighted by Gasteiger charge is 2.61. The fourth-order valence-electron chi connectivity index (χ4n) is 8.11. The van der Waals surface area contributed by atoms with Crippen molar-refractivity contribution >= 4 is 23.5 Å². The fourth-order valence-corrected chi connectivity index (χ4v) is 8.11. The molecule has 4 aliphatic carbocycles. The van der Waals surface area contributed by atoms with Gasteiger partial charge in [-0.2, -0.15) is 0 Å². The van der Waals surface area contributed by atoms with Crippen molar-refractivity contribution in [3.05, 3.63) is 0 Å². The van der Waals surface area contributed by atoms with Gasteiger partial charge in [0.1, 0.15) is 12.4 Å². The maximum atomic E-state index is 13.0. The number of esters is 1. The Morgan fingerprint density at radius 3 is 2.45 bits per heavy atom. The number of carboxylic acids is 1. The van der Waals surface area contributed by atoms with Crippen LogP contribution in [0, 0.1) is 40.4 Å². The van der Waals surface area contributed by atoms with E-state index >= 15 is 0 Å². The number of fused-ring (bicyclic) bond motifs is 5. The van der Waals surface area contributed by atoms with Crippen molar-refractivity contribution in [1.82, 2.24) is 0 Å². The summed E-state index contributed by atoms with van der Waals surface area (Å²) in [7, 11) is 0. The molecule has 0 unspecified atom stereocenters. The maximum absolute atomic E-state index is 13.0. The Kier molecular flexibility index (Phi) is 6.04. The first kappa shape index (κ1) is 22.5. The van der Waals surface area contributed by atoms with E-state index < -0.39 is 11.9 Å². The molecule has 172 valence electrons. The number of ketones is 2. The quantitative estimate of drug-likeness (QED) is 0.632. The molecule has 0 saturated heterocycles. The summed E-state index contributed by atoms with van der Waals surface area (Å²) in [6.07, 6.45) is 8.41. The van der Waals surface area contributed by atoms with Gasteiger partial charge in [-0.3, -0.25) is 19.2 Å². The smallest absolute Gasteiger partial charge is 0.306 e. The molecule has 6 nitrogen and oxygen atoms in total. The Hall–Kier alpha value is -1.72. The van der Waals surface area contributed by atoms with Gasteiger partial charge in [0.05, 0.1) is 12.8 Å². The molecule has 1 N–H and O–H groups in total. The van der Waals surface area contributed by atoms with Gasteiger partial charge in [0, 0.05) is 18.8 Å². The molecule has 7 atom stereocenters. The van der Waals surface area contributed by atoms with E-state index in [1.54, 1.807) is 0 Å². The molecule has 4 aliphatic rings. The number of aliphatic carboxylic acids is 1. The average Bonchev–Trinajstić information content (AvgIpc) is 3.08. The Morgan fingerprint density at radius 2 is 1.71 bits per heavy atom. The summed E-state index contributed by atoms with van der Waals surface area (Å²) >= 11 is 0. The Balaban J connectivity index is 1.41. The summed E-state index contributed by atoms with van der Waals surface area (Å²) in [6, 6.07) is 0. The number of carbonyl (C=O) groups is 4. The van der Waals surface area contributed by atoms with Crippen molar-refractivity contribution in [3.63, 3.8) is 0 Å². The van der Waals surface area contributed by atoms with Gasteiger partial charge in [-0.25, -0.2) is 0 Å². The normalized spacial score (nSPS) is 41.6. The summed E-state index contributed by atoms with van der Waals surface area (Å²) in [5.74, 6) is 1.03. The molecule has 0 aromatic carbocycles. The molecule has 0 spiro atoms. The molecule has 4 fully saturated rings. The Bertz CT molecular complexity index is 774. The van der Waals surface area contributed by atoms with Crippen LogP contribution in [-0.2, 0) is 23.9 Å². The number of rotatable bonds is 6. The zero-order valence-corrected chi connectivity index (χ0v) is 18.9. The summed E-state index contributed by atoms with van der Waals surface area (Å²) in [6.45, 7) is 4.47. The van der Waals surface area contributed by atoms with Crippen LogP contribution in [0.5, 0.6) is 0 Å². The molecule has 0 bridgehead atoms. The maximum Gasteiger partial charge on any atom is 0.306 e. The lowest BCUT2D eigenvalue weighted by molar-refractivity contribution is -0.154. The van der Waals surface area contributed by atoms with Gasteiger partial charge in [-0.1, -0.05) is 13.8 Å². The van der Waals surface area contributed by atoms with Gasteiger partial charge >= 0.3 is 11.9 Å². The van der Waals surface area contributed by atoms with Crippen LogP contribution in [-0.4, -0.2) is 35.2 Å². The first-order valence-corrected chi connectivity index (χ1v) is 12.1. The lowest BCUT2D eigenvalue weighted by Gasteiger charge is -2.60. The molecule has 0 aromatic heterocycles. The average molecular weight is 433 g/mol. The first-order valence-electron chi connectivity index (χ1n) is 12.1. The second kappa shape index (κ2) is 8.32. The molecule has 31 heavy (non-hydrogen) atoms. The number of carbonyl (C=O) groups excluding carboxylic acids is 3. The van der Waals surface area contributed by atoms with Crippen LogP contribution in [0.1, 0.15) is 84.5 Å². The van der Waals surface area contributed by atoms with E-state index in [9.17, 15) is 19.2 Å². The molecule has 6 heteroatoms. The van der Waals surface area contributed by atoms with E-state index in [1.807, 2.05) is 0 Å². The molecular weight excluding hydrogens is 396 g/mol. The molecule has 0 heterocycles. The van der Waals surface area contributed by atoms with Crippen LogP contribution in [0.3, 0.4) is 0 Å². The van der Waals surface area contributed by atoms with E-state index in [0.717, 1.165) is 51.4 Å². The molecule has 4 rings (SSSR count). The number of hydrogen-bond donors (Lipinski definition) is 1. The van der Waals surface area contributed by atoms with Gasteiger partial charge < -0.3 is 9.84 Å².